The van der Waals surface area contributed by atoms with Gasteiger partial charge in [-0.2, -0.15) is 0 Å². The monoisotopic (exact) mass is 320 g/mol. The van der Waals surface area contributed by atoms with E-state index in [4.69, 9.17) is 0 Å². The minimum Gasteiger partial charge on any atom is -0.365 e. The number of fused-ring (bicyclic) bond motifs is 1. The quantitative estimate of drug-likeness (QED) is 0.734. The van der Waals surface area contributed by atoms with Crippen LogP contribution < -0.4 is 10.6 Å². The molecule has 0 atom stereocenters. The Kier molecular flexibility index (Phi) is 3.91. The van der Waals surface area contributed by atoms with Crippen LogP contribution in [0.5, 0.6) is 0 Å². The van der Waals surface area contributed by atoms with Crippen molar-refractivity contribution >= 4 is 17.4 Å². The van der Waals surface area contributed by atoms with Crippen molar-refractivity contribution in [2.24, 2.45) is 5.92 Å². The van der Waals surface area contributed by atoms with Crippen LogP contribution in [0.1, 0.15) is 24.1 Å². The van der Waals surface area contributed by atoms with Gasteiger partial charge in [0.15, 0.2) is 0 Å². The van der Waals surface area contributed by atoms with Crippen molar-refractivity contribution in [3.63, 3.8) is 0 Å². The molecule has 0 aliphatic heterocycles. The Morgan fingerprint density at radius 3 is 2.67 bits per heavy atom. The van der Waals surface area contributed by atoms with Crippen molar-refractivity contribution < 1.29 is 4.79 Å². The maximum atomic E-state index is 11.9. The molecule has 1 aliphatic carbocycles. The highest BCUT2D eigenvalue weighted by atomic mass is 16.2. The molecule has 122 valence electrons. The second-order valence-corrected chi connectivity index (χ2v) is 6.17. The molecule has 1 aliphatic rings. The van der Waals surface area contributed by atoms with Gasteiger partial charge in [0, 0.05) is 18.7 Å². The van der Waals surface area contributed by atoms with Gasteiger partial charge in [0.2, 0.25) is 5.91 Å². The number of nitrogens with one attached hydrogen (secondary N) is 2. The highest BCUT2D eigenvalue weighted by molar-refractivity contribution is 5.80. The summed E-state index contributed by atoms with van der Waals surface area (Å²) in [7, 11) is 0. The van der Waals surface area contributed by atoms with E-state index in [1.807, 2.05) is 47.0 Å². The Hall–Kier alpha value is -2.82. The largest absolute Gasteiger partial charge is 0.365 e. The topological polar surface area (TPSA) is 58.4 Å². The number of pyridine rings is 1. The van der Waals surface area contributed by atoms with E-state index in [0.717, 1.165) is 30.0 Å². The van der Waals surface area contributed by atoms with E-state index in [1.165, 1.54) is 5.56 Å². The summed E-state index contributed by atoms with van der Waals surface area (Å²) in [5.74, 6) is 1.29. The molecule has 3 aromatic rings. The van der Waals surface area contributed by atoms with Gasteiger partial charge in [-0.1, -0.05) is 36.4 Å². The molecule has 24 heavy (non-hydrogen) atoms. The van der Waals surface area contributed by atoms with E-state index in [2.05, 4.69) is 27.8 Å². The molecule has 0 spiro atoms. The molecular weight excluding hydrogens is 300 g/mol. The van der Waals surface area contributed by atoms with Crippen LogP contribution in [-0.2, 0) is 17.9 Å². The normalized spacial score (nSPS) is 13.8. The molecule has 2 N–H and O–H groups in total. The number of carbonyl (C=O) groups excluding carboxylic acids is 1. The van der Waals surface area contributed by atoms with Crippen molar-refractivity contribution in [2.75, 3.05) is 5.32 Å². The Labute approximate surface area is 140 Å². The highest BCUT2D eigenvalue weighted by Crippen LogP contribution is 2.29. The molecule has 0 radical (unpaired) electrons. The fourth-order valence-corrected chi connectivity index (χ4v) is 2.80. The average Bonchev–Trinajstić information content (AvgIpc) is 3.41. The third-order valence-corrected chi connectivity index (χ3v) is 4.28. The predicted molar refractivity (Wildman–Crippen MR) is 93.5 cm³/mol. The average molecular weight is 320 g/mol. The van der Waals surface area contributed by atoms with E-state index in [-0.39, 0.29) is 11.8 Å². The Morgan fingerprint density at radius 2 is 1.88 bits per heavy atom. The first-order chi connectivity index (χ1) is 11.8. The number of nitrogens with zero attached hydrogens (tertiary/aromatic N) is 2. The lowest BCUT2D eigenvalue weighted by atomic mass is 10.2. The van der Waals surface area contributed by atoms with Crippen molar-refractivity contribution in [3.8, 4) is 0 Å². The zero-order valence-corrected chi connectivity index (χ0v) is 13.4. The van der Waals surface area contributed by atoms with E-state index in [9.17, 15) is 4.79 Å². The van der Waals surface area contributed by atoms with Gasteiger partial charge in [0.1, 0.15) is 17.2 Å². The van der Waals surface area contributed by atoms with Crippen LogP contribution in [-0.4, -0.2) is 15.3 Å². The molecular formula is C19H20N4O. The van der Waals surface area contributed by atoms with Gasteiger partial charge in [-0.3, -0.25) is 9.20 Å². The van der Waals surface area contributed by atoms with Crippen molar-refractivity contribution in [3.05, 3.63) is 66.0 Å². The summed E-state index contributed by atoms with van der Waals surface area (Å²) in [5.41, 5.74) is 2.95. The molecule has 1 amide bonds. The summed E-state index contributed by atoms with van der Waals surface area (Å²) < 4.78 is 2.03. The molecule has 0 unspecified atom stereocenters. The summed E-state index contributed by atoms with van der Waals surface area (Å²) in [6.45, 7) is 1.17. The van der Waals surface area contributed by atoms with E-state index >= 15 is 0 Å². The highest BCUT2D eigenvalue weighted by Gasteiger charge is 2.29. The van der Waals surface area contributed by atoms with Gasteiger partial charge in [-0.25, -0.2) is 4.98 Å². The molecule has 4 rings (SSSR count). The predicted octanol–water partition coefficient (Wildman–Crippen LogP) is 2.97. The number of aromatic nitrogens is 2. The first-order valence-electron chi connectivity index (χ1n) is 8.33. The Morgan fingerprint density at radius 1 is 1.08 bits per heavy atom. The number of hydrogen-bond donors (Lipinski definition) is 2. The number of benzene rings is 1. The van der Waals surface area contributed by atoms with Crippen molar-refractivity contribution in [1.29, 1.82) is 0 Å². The lowest BCUT2D eigenvalue weighted by Gasteiger charge is -2.09. The van der Waals surface area contributed by atoms with E-state index in [1.54, 1.807) is 0 Å². The minimum absolute atomic E-state index is 0.140. The smallest absolute Gasteiger partial charge is 0.223 e. The van der Waals surface area contributed by atoms with Crippen LogP contribution in [0.4, 0.5) is 5.82 Å². The third-order valence-electron chi connectivity index (χ3n) is 4.28. The standard InChI is InChI=1S/C19H20N4O/c24-19(15-9-10-15)21-13-16-18(20-12-14-6-2-1-3-7-14)23-11-5-4-8-17(23)22-16/h1-8,11,15,20H,9-10,12-13H2,(H,21,24). The summed E-state index contributed by atoms with van der Waals surface area (Å²) in [4.78, 5) is 16.6. The summed E-state index contributed by atoms with van der Waals surface area (Å²) in [5, 5.41) is 6.48. The summed E-state index contributed by atoms with van der Waals surface area (Å²) >= 11 is 0. The van der Waals surface area contributed by atoms with Crippen LogP contribution in [0.25, 0.3) is 5.65 Å². The maximum absolute atomic E-state index is 11.9. The molecule has 5 heteroatoms. The molecule has 5 nitrogen and oxygen atoms in total. The minimum atomic E-state index is 0.140. The fourth-order valence-electron chi connectivity index (χ4n) is 2.80. The number of imidazole rings is 1. The zero-order valence-electron chi connectivity index (χ0n) is 13.4. The lowest BCUT2D eigenvalue weighted by Crippen LogP contribution is -2.24. The van der Waals surface area contributed by atoms with Gasteiger partial charge in [0.05, 0.1) is 6.54 Å². The molecule has 1 fully saturated rings. The van der Waals surface area contributed by atoms with Gasteiger partial charge in [-0.05, 0) is 30.5 Å². The number of anilines is 1. The van der Waals surface area contributed by atoms with Crippen LogP contribution in [0.2, 0.25) is 0 Å². The van der Waals surface area contributed by atoms with Crippen LogP contribution >= 0.6 is 0 Å². The fraction of sp³-hybridized carbons (Fsp3) is 0.263. The number of hydrogen-bond acceptors (Lipinski definition) is 3. The molecule has 2 aromatic heterocycles. The lowest BCUT2D eigenvalue weighted by molar-refractivity contribution is -0.122. The zero-order chi connectivity index (χ0) is 16.4. The Bertz CT molecular complexity index is 852. The van der Waals surface area contributed by atoms with Crippen LogP contribution in [0.3, 0.4) is 0 Å². The third kappa shape index (κ3) is 3.11. The van der Waals surface area contributed by atoms with Gasteiger partial charge in [-0.15, -0.1) is 0 Å². The second-order valence-electron chi connectivity index (χ2n) is 6.17. The Balaban J connectivity index is 1.56. The molecule has 1 saturated carbocycles. The van der Waals surface area contributed by atoms with E-state index in [0.29, 0.717) is 13.1 Å². The SMILES string of the molecule is O=C(NCc1nc2ccccn2c1NCc1ccccc1)C1CC1. The molecule has 0 bridgehead atoms. The van der Waals surface area contributed by atoms with Gasteiger partial charge in [0.25, 0.3) is 0 Å². The second kappa shape index (κ2) is 6.35. The summed E-state index contributed by atoms with van der Waals surface area (Å²) in [6, 6.07) is 16.2. The van der Waals surface area contributed by atoms with Crippen LogP contribution in [0, 0.1) is 5.92 Å². The number of carbonyl (C=O) groups is 1. The molecule has 0 saturated heterocycles. The van der Waals surface area contributed by atoms with Crippen molar-refractivity contribution in [2.45, 2.75) is 25.9 Å². The van der Waals surface area contributed by atoms with E-state index < -0.39 is 0 Å². The van der Waals surface area contributed by atoms with Crippen molar-refractivity contribution in [1.82, 2.24) is 14.7 Å². The molecule has 1 aromatic carbocycles. The van der Waals surface area contributed by atoms with Gasteiger partial charge >= 0.3 is 0 Å². The number of amides is 1. The first-order valence-corrected chi connectivity index (χ1v) is 8.33. The summed E-state index contributed by atoms with van der Waals surface area (Å²) in [6.07, 6.45) is 4.01. The molecule has 2 heterocycles. The first kappa shape index (κ1) is 14.8. The van der Waals surface area contributed by atoms with Gasteiger partial charge < -0.3 is 10.6 Å². The van der Waals surface area contributed by atoms with Crippen LogP contribution in [0.15, 0.2) is 54.7 Å². The maximum Gasteiger partial charge on any atom is 0.223 e. The number of rotatable bonds is 6.